The maximum atomic E-state index is 12.2. The molecule has 0 spiro atoms. The SMILES string of the molecule is CN(C)C(=O)/C(=N\Nc1ccccc1)c1ccccc1. The zero-order valence-corrected chi connectivity index (χ0v) is 11.6. The normalized spacial score (nSPS) is 11.0. The molecular formula is C16H17N3O. The van der Waals surface area contributed by atoms with Crippen LogP contribution in [0, 0.1) is 0 Å². The van der Waals surface area contributed by atoms with Crippen LogP contribution in [0.25, 0.3) is 0 Å². The number of anilines is 1. The lowest BCUT2D eigenvalue weighted by molar-refractivity contribution is -0.121. The Bertz CT molecular complexity index is 592. The minimum Gasteiger partial charge on any atom is -0.343 e. The smallest absolute Gasteiger partial charge is 0.274 e. The molecule has 0 unspecified atom stereocenters. The molecule has 0 aliphatic carbocycles. The Hall–Kier alpha value is -2.62. The zero-order valence-electron chi connectivity index (χ0n) is 11.6. The molecule has 4 nitrogen and oxygen atoms in total. The molecule has 0 saturated heterocycles. The lowest BCUT2D eigenvalue weighted by atomic mass is 10.1. The van der Waals surface area contributed by atoms with E-state index in [1.165, 1.54) is 4.90 Å². The molecule has 0 saturated carbocycles. The van der Waals surface area contributed by atoms with Crippen LogP contribution in [0.5, 0.6) is 0 Å². The van der Waals surface area contributed by atoms with Gasteiger partial charge < -0.3 is 4.90 Å². The topological polar surface area (TPSA) is 44.7 Å². The van der Waals surface area contributed by atoms with Gasteiger partial charge in [0, 0.05) is 19.7 Å². The third kappa shape index (κ3) is 3.45. The molecule has 0 bridgehead atoms. The van der Waals surface area contributed by atoms with Crippen LogP contribution in [-0.2, 0) is 4.79 Å². The van der Waals surface area contributed by atoms with E-state index in [2.05, 4.69) is 10.5 Å². The van der Waals surface area contributed by atoms with E-state index in [-0.39, 0.29) is 5.91 Å². The number of hydrazone groups is 1. The van der Waals surface area contributed by atoms with Gasteiger partial charge in [-0.05, 0) is 12.1 Å². The summed E-state index contributed by atoms with van der Waals surface area (Å²) >= 11 is 0. The summed E-state index contributed by atoms with van der Waals surface area (Å²) in [6.45, 7) is 0. The van der Waals surface area contributed by atoms with Crippen molar-refractivity contribution in [2.75, 3.05) is 19.5 Å². The number of carbonyl (C=O) groups is 1. The van der Waals surface area contributed by atoms with Crippen molar-refractivity contribution >= 4 is 17.3 Å². The predicted octanol–water partition coefficient (Wildman–Crippen LogP) is 2.59. The van der Waals surface area contributed by atoms with E-state index >= 15 is 0 Å². The Morgan fingerprint density at radius 2 is 1.50 bits per heavy atom. The fourth-order valence-corrected chi connectivity index (χ4v) is 1.68. The molecule has 102 valence electrons. The Kier molecular flexibility index (Phi) is 4.50. The number of likely N-dealkylation sites (N-methyl/N-ethyl adjacent to an activating group) is 1. The molecular weight excluding hydrogens is 250 g/mol. The fraction of sp³-hybridized carbons (Fsp3) is 0.125. The third-order valence-electron chi connectivity index (χ3n) is 2.73. The highest BCUT2D eigenvalue weighted by Gasteiger charge is 2.15. The van der Waals surface area contributed by atoms with Gasteiger partial charge in [0.1, 0.15) is 0 Å². The largest absolute Gasteiger partial charge is 0.343 e. The second kappa shape index (κ2) is 6.52. The highest BCUT2D eigenvalue weighted by molar-refractivity contribution is 6.45. The summed E-state index contributed by atoms with van der Waals surface area (Å²) in [6, 6.07) is 19.0. The first kappa shape index (κ1) is 13.8. The first-order chi connectivity index (χ1) is 9.68. The van der Waals surface area contributed by atoms with Crippen molar-refractivity contribution < 1.29 is 4.79 Å². The van der Waals surface area contributed by atoms with E-state index in [0.29, 0.717) is 5.71 Å². The Balaban J connectivity index is 2.30. The van der Waals surface area contributed by atoms with Gasteiger partial charge in [-0.1, -0.05) is 48.5 Å². The second-order valence-corrected chi connectivity index (χ2v) is 4.50. The highest BCUT2D eigenvalue weighted by atomic mass is 16.2. The molecule has 0 aromatic heterocycles. The summed E-state index contributed by atoms with van der Waals surface area (Å²) in [5.74, 6) is -0.139. The predicted molar refractivity (Wildman–Crippen MR) is 81.7 cm³/mol. The number of benzene rings is 2. The van der Waals surface area contributed by atoms with E-state index in [4.69, 9.17) is 0 Å². The van der Waals surface area contributed by atoms with Crippen molar-refractivity contribution in [2.24, 2.45) is 5.10 Å². The maximum absolute atomic E-state index is 12.2. The monoisotopic (exact) mass is 267 g/mol. The van der Waals surface area contributed by atoms with Gasteiger partial charge in [-0.2, -0.15) is 5.10 Å². The number of amides is 1. The molecule has 2 rings (SSSR count). The average molecular weight is 267 g/mol. The second-order valence-electron chi connectivity index (χ2n) is 4.50. The summed E-state index contributed by atoms with van der Waals surface area (Å²) in [4.78, 5) is 13.7. The standard InChI is InChI=1S/C16H17N3O/c1-19(2)16(20)15(13-9-5-3-6-10-13)18-17-14-11-7-4-8-12-14/h3-12,17H,1-2H3/b18-15-. The molecule has 4 heteroatoms. The highest BCUT2D eigenvalue weighted by Crippen LogP contribution is 2.08. The van der Waals surface area contributed by atoms with E-state index in [1.54, 1.807) is 14.1 Å². The van der Waals surface area contributed by atoms with Gasteiger partial charge in [0.05, 0.1) is 5.69 Å². The van der Waals surface area contributed by atoms with Crippen molar-refractivity contribution in [2.45, 2.75) is 0 Å². The Labute approximate surface area is 118 Å². The lowest BCUT2D eigenvalue weighted by Crippen LogP contribution is -2.31. The molecule has 2 aromatic rings. The summed E-state index contributed by atoms with van der Waals surface area (Å²) in [6.07, 6.45) is 0. The number of para-hydroxylation sites is 1. The van der Waals surface area contributed by atoms with Crippen LogP contribution in [0.2, 0.25) is 0 Å². The quantitative estimate of drug-likeness (QED) is 0.683. The number of rotatable bonds is 4. The lowest BCUT2D eigenvalue weighted by Gasteiger charge is -2.13. The summed E-state index contributed by atoms with van der Waals surface area (Å²) in [7, 11) is 3.42. The van der Waals surface area contributed by atoms with Crippen molar-refractivity contribution in [3.8, 4) is 0 Å². The van der Waals surface area contributed by atoms with Gasteiger partial charge in [-0.15, -0.1) is 0 Å². The van der Waals surface area contributed by atoms with E-state index in [9.17, 15) is 4.79 Å². The number of nitrogens with one attached hydrogen (secondary N) is 1. The molecule has 20 heavy (non-hydrogen) atoms. The molecule has 0 aliphatic rings. The number of hydrogen-bond acceptors (Lipinski definition) is 3. The van der Waals surface area contributed by atoms with E-state index < -0.39 is 0 Å². The Morgan fingerprint density at radius 3 is 2.05 bits per heavy atom. The van der Waals surface area contributed by atoms with Crippen LogP contribution >= 0.6 is 0 Å². The van der Waals surface area contributed by atoms with Crippen LogP contribution in [0.15, 0.2) is 65.8 Å². The molecule has 0 atom stereocenters. The van der Waals surface area contributed by atoms with Gasteiger partial charge in [0.25, 0.3) is 5.91 Å². The van der Waals surface area contributed by atoms with E-state index in [1.807, 2.05) is 60.7 Å². The van der Waals surface area contributed by atoms with Crippen LogP contribution in [0.1, 0.15) is 5.56 Å². The summed E-state index contributed by atoms with van der Waals surface area (Å²) < 4.78 is 0. The Morgan fingerprint density at radius 1 is 0.950 bits per heavy atom. The first-order valence-electron chi connectivity index (χ1n) is 6.34. The van der Waals surface area contributed by atoms with Crippen molar-refractivity contribution in [3.63, 3.8) is 0 Å². The van der Waals surface area contributed by atoms with Gasteiger partial charge in [-0.25, -0.2) is 0 Å². The van der Waals surface area contributed by atoms with Gasteiger partial charge in [-0.3, -0.25) is 10.2 Å². The molecule has 2 aromatic carbocycles. The van der Waals surface area contributed by atoms with Crippen LogP contribution < -0.4 is 5.43 Å². The molecule has 0 radical (unpaired) electrons. The zero-order chi connectivity index (χ0) is 14.4. The van der Waals surface area contributed by atoms with Gasteiger partial charge in [0.15, 0.2) is 5.71 Å². The van der Waals surface area contributed by atoms with Crippen LogP contribution in [0.3, 0.4) is 0 Å². The number of carbonyl (C=O) groups excluding carboxylic acids is 1. The van der Waals surface area contributed by atoms with E-state index in [0.717, 1.165) is 11.3 Å². The molecule has 0 fully saturated rings. The van der Waals surface area contributed by atoms with Crippen molar-refractivity contribution in [1.29, 1.82) is 0 Å². The number of hydrogen-bond donors (Lipinski definition) is 1. The molecule has 1 amide bonds. The van der Waals surface area contributed by atoms with Crippen molar-refractivity contribution in [1.82, 2.24) is 4.90 Å². The average Bonchev–Trinajstić information content (AvgIpc) is 2.49. The minimum atomic E-state index is -0.139. The molecule has 0 aliphatic heterocycles. The minimum absolute atomic E-state index is 0.139. The van der Waals surface area contributed by atoms with Gasteiger partial charge in [0.2, 0.25) is 0 Å². The van der Waals surface area contributed by atoms with Crippen LogP contribution in [-0.4, -0.2) is 30.6 Å². The summed E-state index contributed by atoms with van der Waals surface area (Å²) in [5, 5.41) is 4.26. The van der Waals surface area contributed by atoms with Crippen molar-refractivity contribution in [3.05, 3.63) is 66.2 Å². The third-order valence-corrected chi connectivity index (χ3v) is 2.73. The van der Waals surface area contributed by atoms with Gasteiger partial charge >= 0.3 is 0 Å². The molecule has 0 heterocycles. The number of nitrogens with zero attached hydrogens (tertiary/aromatic N) is 2. The summed E-state index contributed by atoms with van der Waals surface area (Å²) in [5.41, 5.74) is 4.93. The maximum Gasteiger partial charge on any atom is 0.274 e. The molecule has 1 N–H and O–H groups in total. The van der Waals surface area contributed by atoms with Crippen LogP contribution in [0.4, 0.5) is 5.69 Å². The fourth-order valence-electron chi connectivity index (χ4n) is 1.68. The first-order valence-corrected chi connectivity index (χ1v) is 6.34.